The van der Waals surface area contributed by atoms with Gasteiger partial charge in [-0.1, -0.05) is 19.6 Å². The Balaban J connectivity index is 0. The number of hydrogen-bond donors (Lipinski definition) is 1. The molecule has 1 nitrogen and oxygen atoms in total. The van der Waals surface area contributed by atoms with Gasteiger partial charge in [0.25, 0.3) is 0 Å². The topological polar surface area (TPSA) is 12.0 Å². The van der Waals surface area contributed by atoms with Gasteiger partial charge in [0, 0.05) is 8.07 Å². The Morgan fingerprint density at radius 2 is 1.80 bits per heavy atom. The molecule has 0 heterocycles. The van der Waals surface area contributed by atoms with E-state index in [0.29, 0.717) is 0 Å². The molecule has 3 heteroatoms. The zero-order valence-corrected chi connectivity index (χ0v) is 7.83. The first kappa shape index (κ1) is 13.4. The number of rotatable bonds is 4. The van der Waals surface area contributed by atoms with Crippen LogP contribution in [0.1, 0.15) is 0 Å². The molecule has 0 atom stereocenters. The van der Waals surface area contributed by atoms with E-state index in [1.165, 1.54) is 6.04 Å². The van der Waals surface area contributed by atoms with Gasteiger partial charge in [0.1, 0.15) is 0 Å². The molecule has 0 aliphatic heterocycles. The van der Waals surface area contributed by atoms with E-state index in [-0.39, 0.29) is 18.9 Å². The predicted octanol–water partition coefficient (Wildman–Crippen LogP) is 1.10. The van der Waals surface area contributed by atoms with Gasteiger partial charge in [-0.2, -0.15) is 0 Å². The van der Waals surface area contributed by atoms with Crippen molar-refractivity contribution in [1.82, 2.24) is 5.32 Å². The summed E-state index contributed by atoms with van der Waals surface area (Å²) in [6, 6.07) is 1.36. The second-order valence-corrected chi connectivity index (χ2v) is 9.18. The monoisotopic (exact) mass is 152 g/mol. The molecular weight excluding hydrogens is 133 g/mol. The van der Waals surface area contributed by atoms with Crippen LogP contribution in [0.2, 0.25) is 25.7 Å². The van der Waals surface area contributed by atoms with Gasteiger partial charge in [0.05, 0.1) is 0 Å². The summed E-state index contributed by atoms with van der Waals surface area (Å²) in [6.45, 7) is 12.9. The van der Waals surface area contributed by atoms with Crippen molar-refractivity contribution in [3.05, 3.63) is 6.92 Å². The van der Waals surface area contributed by atoms with E-state index in [2.05, 4.69) is 31.9 Å². The van der Waals surface area contributed by atoms with Gasteiger partial charge in [-0.05, 0) is 26.1 Å². The fourth-order valence-electron chi connectivity index (χ4n) is 0.588. The molecule has 0 unspecified atom stereocenters. The van der Waals surface area contributed by atoms with Crippen LogP contribution in [0.4, 0.5) is 0 Å². The minimum absolute atomic E-state index is 0. The van der Waals surface area contributed by atoms with E-state index < -0.39 is 8.07 Å². The Kier molecular flexibility index (Phi) is 8.67. The Labute approximate surface area is 78.2 Å². The second kappa shape index (κ2) is 6.48. The SMILES string of the molecule is [CH2]CNCC[Si](C)(C)C.[LiH]. The average Bonchev–Trinajstić information content (AvgIpc) is 1.63. The summed E-state index contributed by atoms with van der Waals surface area (Å²) in [4.78, 5) is 0. The van der Waals surface area contributed by atoms with E-state index in [1.807, 2.05) is 0 Å². The molecular formula is C7H19LiNSi. The molecule has 0 fully saturated rings. The number of nitrogens with one attached hydrogen (secondary N) is 1. The van der Waals surface area contributed by atoms with Gasteiger partial charge >= 0.3 is 18.9 Å². The summed E-state index contributed by atoms with van der Waals surface area (Å²) >= 11 is 0. The summed E-state index contributed by atoms with van der Waals surface area (Å²) < 4.78 is 0. The van der Waals surface area contributed by atoms with Crippen LogP contribution in [-0.4, -0.2) is 40.0 Å². The van der Waals surface area contributed by atoms with Crippen LogP contribution in [0.5, 0.6) is 0 Å². The molecule has 0 aromatic rings. The Hall–Kier alpha value is 0.774. The van der Waals surface area contributed by atoms with Crippen LogP contribution in [0.25, 0.3) is 0 Å². The van der Waals surface area contributed by atoms with Crippen molar-refractivity contribution in [3.8, 4) is 0 Å². The van der Waals surface area contributed by atoms with Crippen LogP contribution >= 0.6 is 0 Å². The van der Waals surface area contributed by atoms with E-state index in [1.54, 1.807) is 0 Å². The molecule has 0 aromatic carbocycles. The summed E-state index contributed by atoms with van der Waals surface area (Å²) in [5, 5.41) is 3.23. The Morgan fingerprint density at radius 3 is 2.10 bits per heavy atom. The summed E-state index contributed by atoms with van der Waals surface area (Å²) in [7, 11) is -0.785. The molecule has 0 aromatic heterocycles. The van der Waals surface area contributed by atoms with E-state index in [0.717, 1.165) is 13.1 Å². The standard InChI is InChI=1S/C7H18NSi.Li.H/c1-5-8-6-7-9(2,3)4;;/h8H,1,5-7H2,2-4H3;;. The molecule has 0 amide bonds. The van der Waals surface area contributed by atoms with Crippen molar-refractivity contribution in [1.29, 1.82) is 0 Å². The predicted molar refractivity (Wildman–Crippen MR) is 53.5 cm³/mol. The second-order valence-electron chi connectivity index (χ2n) is 3.56. The van der Waals surface area contributed by atoms with E-state index >= 15 is 0 Å². The molecule has 0 bridgehead atoms. The van der Waals surface area contributed by atoms with Crippen molar-refractivity contribution in [3.63, 3.8) is 0 Å². The van der Waals surface area contributed by atoms with Crippen LogP contribution < -0.4 is 5.32 Å². The van der Waals surface area contributed by atoms with Gasteiger partial charge < -0.3 is 5.32 Å². The van der Waals surface area contributed by atoms with Crippen molar-refractivity contribution >= 4 is 26.9 Å². The molecule has 0 rings (SSSR count). The van der Waals surface area contributed by atoms with Gasteiger partial charge in [0.15, 0.2) is 0 Å². The van der Waals surface area contributed by atoms with Crippen LogP contribution in [0.15, 0.2) is 0 Å². The van der Waals surface area contributed by atoms with Crippen LogP contribution in [0, 0.1) is 6.92 Å². The first-order chi connectivity index (χ1) is 4.06. The van der Waals surface area contributed by atoms with Gasteiger partial charge in [-0.3, -0.25) is 0 Å². The molecule has 1 radical (unpaired) electrons. The first-order valence-corrected chi connectivity index (χ1v) is 7.27. The molecule has 0 saturated carbocycles. The maximum atomic E-state index is 3.71. The third kappa shape index (κ3) is 11.6. The van der Waals surface area contributed by atoms with Crippen molar-refractivity contribution < 1.29 is 0 Å². The fourth-order valence-corrected chi connectivity index (χ4v) is 1.52. The molecule has 57 valence electrons. The quantitative estimate of drug-likeness (QED) is 0.470. The summed E-state index contributed by atoms with van der Waals surface area (Å²) in [5.74, 6) is 0. The van der Waals surface area contributed by atoms with Gasteiger partial charge in [-0.25, -0.2) is 0 Å². The third-order valence-corrected chi connectivity index (χ3v) is 2.98. The average molecular weight is 152 g/mol. The Bertz CT molecular complexity index is 70.5. The van der Waals surface area contributed by atoms with Crippen LogP contribution in [-0.2, 0) is 0 Å². The zero-order chi connectivity index (χ0) is 7.33. The van der Waals surface area contributed by atoms with E-state index in [4.69, 9.17) is 0 Å². The summed E-state index contributed by atoms with van der Waals surface area (Å²) in [6.07, 6.45) is 0. The minimum atomic E-state index is -0.785. The molecule has 0 aliphatic rings. The van der Waals surface area contributed by atoms with Crippen molar-refractivity contribution in [2.45, 2.75) is 25.7 Å². The zero-order valence-electron chi connectivity index (χ0n) is 6.83. The fraction of sp³-hybridized carbons (Fsp3) is 0.857. The molecule has 1 N–H and O–H groups in total. The molecule has 0 spiro atoms. The van der Waals surface area contributed by atoms with Gasteiger partial charge in [-0.15, -0.1) is 0 Å². The van der Waals surface area contributed by atoms with E-state index in [9.17, 15) is 0 Å². The van der Waals surface area contributed by atoms with Crippen molar-refractivity contribution in [2.24, 2.45) is 0 Å². The summed E-state index contributed by atoms with van der Waals surface area (Å²) in [5.41, 5.74) is 0. The first-order valence-electron chi connectivity index (χ1n) is 3.56. The third-order valence-electron chi connectivity index (χ3n) is 1.23. The maximum absolute atomic E-state index is 3.71. The van der Waals surface area contributed by atoms with Gasteiger partial charge in [0.2, 0.25) is 0 Å². The van der Waals surface area contributed by atoms with Crippen molar-refractivity contribution in [2.75, 3.05) is 13.1 Å². The molecule has 10 heavy (non-hydrogen) atoms. The molecule has 0 saturated heterocycles. The molecule has 0 aliphatic carbocycles. The Morgan fingerprint density at radius 1 is 1.30 bits per heavy atom. The number of hydrogen-bond acceptors (Lipinski definition) is 1. The van der Waals surface area contributed by atoms with Crippen LogP contribution in [0.3, 0.4) is 0 Å². The normalized spacial score (nSPS) is 10.8.